The van der Waals surface area contributed by atoms with E-state index in [1.54, 1.807) is 0 Å². The lowest BCUT2D eigenvalue weighted by atomic mass is 9.98. The number of ether oxygens (including phenoxy) is 2. The molecule has 3 heteroatoms. The molecule has 2 atom stereocenters. The Hall–Kier alpha value is -0.380. The van der Waals surface area contributed by atoms with E-state index in [9.17, 15) is 0 Å². The summed E-state index contributed by atoms with van der Waals surface area (Å²) < 4.78 is 11.2. The molecule has 0 bridgehead atoms. The molecule has 0 aliphatic carbocycles. The van der Waals surface area contributed by atoms with Crippen LogP contribution >= 0.6 is 0 Å². The second-order valence-electron chi connectivity index (χ2n) is 4.36. The summed E-state index contributed by atoms with van der Waals surface area (Å²) in [7, 11) is 0. The van der Waals surface area contributed by atoms with Crippen LogP contribution in [-0.2, 0) is 9.47 Å². The smallest absolute Gasteiger partial charge is 0.157 e. The van der Waals surface area contributed by atoms with E-state index >= 15 is 0 Å². The van der Waals surface area contributed by atoms with Gasteiger partial charge in [0.05, 0.1) is 6.61 Å². The molecule has 0 aromatic carbocycles. The molecule has 1 heterocycles. The normalized spacial score (nSPS) is 22.9. The highest BCUT2D eigenvalue weighted by Gasteiger charge is 2.14. The van der Waals surface area contributed by atoms with Crippen LogP contribution in [0.25, 0.3) is 0 Å². The average molecular weight is 228 g/mol. The predicted molar refractivity (Wildman–Crippen MR) is 64.2 cm³/mol. The molecule has 94 valence electrons. The minimum atomic E-state index is 0.00672. The van der Waals surface area contributed by atoms with E-state index in [0.717, 1.165) is 45.3 Å². The van der Waals surface area contributed by atoms with Crippen LogP contribution in [0.5, 0.6) is 0 Å². The maximum atomic E-state index is 8.91. The van der Waals surface area contributed by atoms with Gasteiger partial charge in [-0.05, 0) is 44.4 Å². The molecule has 1 aliphatic rings. The molecule has 1 aliphatic heterocycles. The summed E-state index contributed by atoms with van der Waals surface area (Å²) in [6.07, 6.45) is 8.07. The quantitative estimate of drug-likeness (QED) is 0.649. The van der Waals surface area contributed by atoms with Crippen LogP contribution in [0.4, 0.5) is 0 Å². The zero-order valence-electron chi connectivity index (χ0n) is 10.1. The third-order valence-electron chi connectivity index (χ3n) is 3.01. The van der Waals surface area contributed by atoms with Gasteiger partial charge in [-0.15, -0.1) is 6.58 Å². The van der Waals surface area contributed by atoms with E-state index in [1.807, 2.05) is 6.08 Å². The van der Waals surface area contributed by atoms with Crippen molar-refractivity contribution in [1.29, 1.82) is 0 Å². The molecule has 0 aromatic rings. The maximum absolute atomic E-state index is 8.91. The Morgan fingerprint density at radius 3 is 2.94 bits per heavy atom. The van der Waals surface area contributed by atoms with Gasteiger partial charge in [0.1, 0.15) is 0 Å². The van der Waals surface area contributed by atoms with Gasteiger partial charge in [-0.1, -0.05) is 6.08 Å². The first-order valence-electron chi connectivity index (χ1n) is 6.31. The first-order valence-corrected chi connectivity index (χ1v) is 6.31. The monoisotopic (exact) mass is 228 g/mol. The van der Waals surface area contributed by atoms with Crippen molar-refractivity contribution in [2.24, 2.45) is 5.92 Å². The van der Waals surface area contributed by atoms with Crippen molar-refractivity contribution >= 4 is 0 Å². The Bertz CT molecular complexity index is 176. The lowest BCUT2D eigenvalue weighted by molar-refractivity contribution is -0.164. The topological polar surface area (TPSA) is 38.7 Å². The summed E-state index contributed by atoms with van der Waals surface area (Å²) in [5, 5.41) is 8.91. The minimum absolute atomic E-state index is 0.00672. The van der Waals surface area contributed by atoms with Gasteiger partial charge < -0.3 is 14.6 Å². The van der Waals surface area contributed by atoms with E-state index in [1.165, 1.54) is 6.42 Å². The van der Waals surface area contributed by atoms with Gasteiger partial charge in [0.2, 0.25) is 0 Å². The van der Waals surface area contributed by atoms with E-state index < -0.39 is 0 Å². The summed E-state index contributed by atoms with van der Waals surface area (Å²) in [5.74, 6) is 0.492. The molecule has 3 nitrogen and oxygen atoms in total. The number of allylic oxidation sites excluding steroid dienone is 1. The van der Waals surface area contributed by atoms with Gasteiger partial charge in [0.15, 0.2) is 6.29 Å². The Balaban J connectivity index is 2.08. The Kier molecular flexibility index (Phi) is 7.47. The average Bonchev–Trinajstić information content (AvgIpc) is 2.31. The SMILES string of the molecule is C=CCC(CCO)CCOC1CCCCO1. The molecule has 0 radical (unpaired) electrons. The van der Waals surface area contributed by atoms with Crippen LogP contribution in [0.15, 0.2) is 12.7 Å². The van der Waals surface area contributed by atoms with E-state index in [4.69, 9.17) is 14.6 Å². The molecule has 0 aromatic heterocycles. The van der Waals surface area contributed by atoms with Crippen molar-refractivity contribution < 1.29 is 14.6 Å². The Labute approximate surface area is 98.4 Å². The van der Waals surface area contributed by atoms with Gasteiger partial charge in [0.25, 0.3) is 0 Å². The van der Waals surface area contributed by atoms with Gasteiger partial charge in [-0.25, -0.2) is 0 Å². The molecular weight excluding hydrogens is 204 g/mol. The number of hydrogen-bond acceptors (Lipinski definition) is 3. The maximum Gasteiger partial charge on any atom is 0.157 e. The van der Waals surface area contributed by atoms with E-state index in [0.29, 0.717) is 5.92 Å². The second-order valence-corrected chi connectivity index (χ2v) is 4.36. The molecule has 1 N–H and O–H groups in total. The fourth-order valence-corrected chi connectivity index (χ4v) is 2.01. The first-order chi connectivity index (χ1) is 7.86. The molecule has 1 saturated heterocycles. The van der Waals surface area contributed by atoms with Gasteiger partial charge in [0, 0.05) is 13.2 Å². The highest BCUT2D eigenvalue weighted by molar-refractivity contribution is 4.73. The minimum Gasteiger partial charge on any atom is -0.396 e. The molecule has 0 saturated carbocycles. The van der Waals surface area contributed by atoms with Crippen LogP contribution in [0.1, 0.15) is 38.5 Å². The highest BCUT2D eigenvalue weighted by atomic mass is 16.7. The van der Waals surface area contributed by atoms with E-state index in [-0.39, 0.29) is 12.9 Å². The van der Waals surface area contributed by atoms with Gasteiger partial charge >= 0.3 is 0 Å². The fourth-order valence-electron chi connectivity index (χ4n) is 2.01. The van der Waals surface area contributed by atoms with Crippen LogP contribution in [-0.4, -0.2) is 31.2 Å². The third-order valence-corrected chi connectivity index (χ3v) is 3.01. The van der Waals surface area contributed by atoms with Gasteiger partial charge in [-0.3, -0.25) is 0 Å². The predicted octanol–water partition coefficient (Wildman–Crippen LogP) is 2.49. The van der Waals surface area contributed by atoms with Crippen molar-refractivity contribution in [2.75, 3.05) is 19.8 Å². The number of rotatable bonds is 8. The zero-order valence-corrected chi connectivity index (χ0v) is 10.1. The van der Waals surface area contributed by atoms with Crippen molar-refractivity contribution in [1.82, 2.24) is 0 Å². The number of aliphatic hydroxyl groups is 1. The molecule has 16 heavy (non-hydrogen) atoms. The van der Waals surface area contributed by atoms with Crippen LogP contribution in [0.2, 0.25) is 0 Å². The Morgan fingerprint density at radius 2 is 2.31 bits per heavy atom. The molecule has 2 unspecified atom stereocenters. The second kappa shape index (κ2) is 8.74. The lowest BCUT2D eigenvalue weighted by Gasteiger charge is -2.23. The zero-order chi connectivity index (χ0) is 11.6. The lowest BCUT2D eigenvalue weighted by Crippen LogP contribution is -2.23. The summed E-state index contributed by atoms with van der Waals surface area (Å²) in [4.78, 5) is 0. The molecule has 0 amide bonds. The molecule has 1 fully saturated rings. The largest absolute Gasteiger partial charge is 0.396 e. The van der Waals surface area contributed by atoms with Crippen molar-refractivity contribution in [2.45, 2.75) is 44.8 Å². The van der Waals surface area contributed by atoms with Crippen LogP contribution in [0.3, 0.4) is 0 Å². The number of hydrogen-bond donors (Lipinski definition) is 1. The van der Waals surface area contributed by atoms with Crippen molar-refractivity contribution in [3.05, 3.63) is 12.7 Å². The molecular formula is C13H24O3. The van der Waals surface area contributed by atoms with Crippen LogP contribution in [0, 0.1) is 5.92 Å². The molecule has 0 spiro atoms. The van der Waals surface area contributed by atoms with Crippen LogP contribution < -0.4 is 0 Å². The summed E-state index contributed by atoms with van der Waals surface area (Å²) in [6.45, 7) is 5.54. The highest BCUT2D eigenvalue weighted by Crippen LogP contribution is 2.17. The number of aliphatic hydroxyl groups excluding tert-OH is 1. The fraction of sp³-hybridized carbons (Fsp3) is 0.846. The summed E-state index contributed by atoms with van der Waals surface area (Å²) in [6, 6.07) is 0. The Morgan fingerprint density at radius 1 is 1.44 bits per heavy atom. The third kappa shape index (κ3) is 5.64. The molecule has 1 rings (SSSR count). The van der Waals surface area contributed by atoms with Crippen molar-refractivity contribution in [3.8, 4) is 0 Å². The van der Waals surface area contributed by atoms with Crippen molar-refractivity contribution in [3.63, 3.8) is 0 Å². The summed E-state index contributed by atoms with van der Waals surface area (Å²) in [5.41, 5.74) is 0. The van der Waals surface area contributed by atoms with Gasteiger partial charge in [-0.2, -0.15) is 0 Å². The standard InChI is InChI=1S/C13H24O3/c1-2-5-12(7-9-14)8-11-16-13-6-3-4-10-15-13/h2,12-14H,1,3-11H2. The first kappa shape index (κ1) is 13.7. The van der Waals surface area contributed by atoms with E-state index in [2.05, 4.69) is 6.58 Å². The summed E-state index contributed by atoms with van der Waals surface area (Å²) >= 11 is 0.